The summed E-state index contributed by atoms with van der Waals surface area (Å²) in [4.78, 5) is 11.3. The number of hydrogen-bond acceptors (Lipinski definition) is 5. The molecule has 1 fully saturated rings. The number of primary amides is 1. The van der Waals surface area contributed by atoms with Crippen molar-refractivity contribution < 1.29 is 4.79 Å². The molecule has 1 rings (SSSR count). The first-order valence-corrected chi connectivity index (χ1v) is 8.64. The molecular formula is C8H15NOS4. The molecule has 1 heterocycles. The molecule has 0 radical (unpaired) electrons. The zero-order valence-corrected chi connectivity index (χ0v) is 11.4. The number of rotatable bonds is 5. The molecule has 0 aromatic rings. The zero-order valence-electron chi connectivity index (χ0n) is 8.06. The summed E-state index contributed by atoms with van der Waals surface area (Å²) in [5.74, 6) is -0.301. The molecule has 2 N–H and O–H groups in total. The number of thiol groups is 1. The minimum Gasteiger partial charge on any atom is -0.368 e. The van der Waals surface area contributed by atoms with Crippen LogP contribution in [0.15, 0.2) is 0 Å². The Morgan fingerprint density at radius 1 is 1.57 bits per heavy atom. The molecule has 82 valence electrons. The third-order valence-electron chi connectivity index (χ3n) is 2.18. The highest BCUT2D eigenvalue weighted by atomic mass is 33.5. The lowest BCUT2D eigenvalue weighted by molar-refractivity contribution is -0.118. The second-order valence-corrected chi connectivity index (χ2v) is 8.72. The van der Waals surface area contributed by atoms with Crippen LogP contribution in [0.5, 0.6) is 0 Å². The highest BCUT2D eigenvalue weighted by Crippen LogP contribution is 2.61. The summed E-state index contributed by atoms with van der Waals surface area (Å²) in [5, 5.41) is 0.255. The SMILES string of the molecule is CCCCCC1SSS[C@]1(S)C(N)=O. The summed E-state index contributed by atoms with van der Waals surface area (Å²) in [5.41, 5.74) is 5.36. The van der Waals surface area contributed by atoms with Gasteiger partial charge in [-0.3, -0.25) is 4.79 Å². The minimum atomic E-state index is -0.664. The lowest BCUT2D eigenvalue weighted by Crippen LogP contribution is -2.41. The van der Waals surface area contributed by atoms with Gasteiger partial charge < -0.3 is 5.73 Å². The van der Waals surface area contributed by atoms with Crippen molar-refractivity contribution in [2.75, 3.05) is 0 Å². The second kappa shape index (κ2) is 5.82. The summed E-state index contributed by atoms with van der Waals surface area (Å²) in [6, 6.07) is 0. The van der Waals surface area contributed by atoms with Crippen molar-refractivity contribution in [3.63, 3.8) is 0 Å². The van der Waals surface area contributed by atoms with Gasteiger partial charge in [0.15, 0.2) is 4.08 Å². The Bertz CT molecular complexity index is 214. The number of hydrogen-bond donors (Lipinski definition) is 2. The van der Waals surface area contributed by atoms with Gasteiger partial charge in [-0.05, 0) is 16.2 Å². The summed E-state index contributed by atoms with van der Waals surface area (Å²) in [6.07, 6.45) is 4.61. The molecule has 1 unspecified atom stereocenters. The van der Waals surface area contributed by atoms with Crippen LogP contribution in [0, 0.1) is 0 Å². The molecule has 0 spiro atoms. The van der Waals surface area contributed by atoms with Gasteiger partial charge >= 0.3 is 0 Å². The van der Waals surface area contributed by atoms with E-state index in [0.717, 1.165) is 12.8 Å². The molecule has 6 heteroatoms. The molecule has 14 heavy (non-hydrogen) atoms. The second-order valence-electron chi connectivity index (χ2n) is 3.29. The van der Waals surface area contributed by atoms with Crippen LogP contribution in [0.4, 0.5) is 0 Å². The molecule has 0 aliphatic carbocycles. The number of unbranched alkanes of at least 4 members (excludes halogenated alkanes) is 2. The molecule has 1 amide bonds. The molecular weight excluding hydrogens is 254 g/mol. The van der Waals surface area contributed by atoms with E-state index < -0.39 is 4.08 Å². The smallest absolute Gasteiger partial charge is 0.245 e. The van der Waals surface area contributed by atoms with E-state index in [2.05, 4.69) is 19.6 Å². The maximum atomic E-state index is 11.3. The molecule has 2 nitrogen and oxygen atoms in total. The lowest BCUT2D eigenvalue weighted by atomic mass is 10.1. The monoisotopic (exact) mass is 269 g/mol. The van der Waals surface area contributed by atoms with Crippen molar-refractivity contribution >= 4 is 49.9 Å². The number of amides is 1. The molecule has 0 bridgehead atoms. The van der Waals surface area contributed by atoms with Crippen LogP contribution in [0.25, 0.3) is 0 Å². The van der Waals surface area contributed by atoms with E-state index in [1.165, 1.54) is 23.6 Å². The molecule has 0 aromatic heterocycles. The molecule has 1 aliphatic heterocycles. The Morgan fingerprint density at radius 3 is 2.86 bits per heavy atom. The molecule has 1 saturated heterocycles. The van der Waals surface area contributed by atoms with Crippen LogP contribution in [-0.4, -0.2) is 15.2 Å². The van der Waals surface area contributed by atoms with Gasteiger partial charge in [-0.2, -0.15) is 0 Å². The van der Waals surface area contributed by atoms with Crippen molar-refractivity contribution in [1.29, 1.82) is 0 Å². The number of nitrogens with two attached hydrogens (primary N) is 1. The normalized spacial score (nSPS) is 32.0. The van der Waals surface area contributed by atoms with E-state index in [1.54, 1.807) is 20.6 Å². The third-order valence-corrected chi connectivity index (χ3v) is 8.63. The van der Waals surface area contributed by atoms with Gasteiger partial charge in [-0.25, -0.2) is 0 Å². The van der Waals surface area contributed by atoms with E-state index >= 15 is 0 Å². The fourth-order valence-corrected chi connectivity index (χ4v) is 8.46. The quantitative estimate of drug-likeness (QED) is 0.457. The van der Waals surface area contributed by atoms with Crippen molar-refractivity contribution in [2.24, 2.45) is 5.73 Å². The van der Waals surface area contributed by atoms with Crippen LogP contribution in [0.3, 0.4) is 0 Å². The fraction of sp³-hybridized carbons (Fsp3) is 0.875. The molecule has 0 saturated carbocycles. The highest BCUT2D eigenvalue weighted by molar-refractivity contribution is 9.11. The standard InChI is InChI=1S/C8H15NOS4/c1-2-3-4-5-6-8(11,7(9)10)13-14-12-6/h6,11H,2-5H2,1H3,(H2,9,10)/t6?,8-/m0/s1. The summed E-state index contributed by atoms with van der Waals surface area (Å²) < 4.78 is -0.664. The van der Waals surface area contributed by atoms with Gasteiger partial charge in [0.25, 0.3) is 0 Å². The van der Waals surface area contributed by atoms with Crippen molar-refractivity contribution in [3.8, 4) is 0 Å². The zero-order chi connectivity index (χ0) is 10.6. The molecule has 2 atom stereocenters. The number of carbonyl (C=O) groups is 1. The maximum Gasteiger partial charge on any atom is 0.245 e. The first-order valence-electron chi connectivity index (χ1n) is 4.64. The van der Waals surface area contributed by atoms with Crippen LogP contribution in [0.1, 0.15) is 32.6 Å². The van der Waals surface area contributed by atoms with Gasteiger partial charge in [-0.1, -0.05) is 47.8 Å². The van der Waals surface area contributed by atoms with Gasteiger partial charge in [0.05, 0.1) is 0 Å². The van der Waals surface area contributed by atoms with E-state index in [-0.39, 0.29) is 11.2 Å². The predicted molar refractivity (Wildman–Crippen MR) is 71.6 cm³/mol. The highest BCUT2D eigenvalue weighted by Gasteiger charge is 2.47. The first kappa shape index (κ1) is 12.9. The average molecular weight is 269 g/mol. The molecule has 1 aliphatic rings. The van der Waals surface area contributed by atoms with Gasteiger partial charge in [0.1, 0.15) is 0 Å². The Hall–Kier alpha value is 0.870. The summed E-state index contributed by atoms with van der Waals surface area (Å²) in [6.45, 7) is 2.17. The van der Waals surface area contributed by atoms with Gasteiger partial charge in [0.2, 0.25) is 5.91 Å². The van der Waals surface area contributed by atoms with Gasteiger partial charge in [0, 0.05) is 5.25 Å². The largest absolute Gasteiger partial charge is 0.368 e. The maximum absolute atomic E-state index is 11.3. The van der Waals surface area contributed by atoms with Crippen molar-refractivity contribution in [2.45, 2.75) is 41.9 Å². The lowest BCUT2D eigenvalue weighted by Gasteiger charge is -2.23. The number of carbonyl (C=O) groups excluding carboxylic acids is 1. The average Bonchev–Trinajstić information content (AvgIpc) is 2.50. The Morgan fingerprint density at radius 2 is 2.29 bits per heavy atom. The third kappa shape index (κ3) is 2.93. The Labute approximate surface area is 102 Å². The van der Waals surface area contributed by atoms with Crippen LogP contribution < -0.4 is 5.73 Å². The molecule has 0 aromatic carbocycles. The Balaban J connectivity index is 2.46. The van der Waals surface area contributed by atoms with E-state index in [4.69, 9.17) is 5.73 Å². The van der Waals surface area contributed by atoms with Crippen LogP contribution in [0.2, 0.25) is 0 Å². The van der Waals surface area contributed by atoms with E-state index in [0.29, 0.717) is 0 Å². The predicted octanol–water partition coefficient (Wildman–Crippen LogP) is 3.09. The topological polar surface area (TPSA) is 43.1 Å². The summed E-state index contributed by atoms with van der Waals surface area (Å²) >= 11 is 4.42. The summed E-state index contributed by atoms with van der Waals surface area (Å²) in [7, 11) is 4.85. The van der Waals surface area contributed by atoms with Crippen molar-refractivity contribution in [1.82, 2.24) is 0 Å². The van der Waals surface area contributed by atoms with Crippen molar-refractivity contribution in [3.05, 3.63) is 0 Å². The van der Waals surface area contributed by atoms with E-state index in [9.17, 15) is 4.79 Å². The fourth-order valence-electron chi connectivity index (χ4n) is 1.26. The first-order chi connectivity index (χ1) is 6.61. The van der Waals surface area contributed by atoms with E-state index in [1.807, 2.05) is 0 Å². The van der Waals surface area contributed by atoms with Crippen LogP contribution in [-0.2, 0) is 4.79 Å². The van der Waals surface area contributed by atoms with Gasteiger partial charge in [-0.15, -0.1) is 12.6 Å². The Kier molecular flexibility index (Phi) is 5.38. The minimum absolute atomic E-state index is 0.255. The van der Waals surface area contributed by atoms with Crippen LogP contribution >= 0.6 is 44.0 Å².